The Hall–Kier alpha value is -7.06. The number of esters is 4. The number of aliphatic hydroxyl groups excluding tert-OH is 1. The van der Waals surface area contributed by atoms with Crippen molar-refractivity contribution in [2.45, 2.75) is 102 Å². The molecule has 0 spiro atoms. The Morgan fingerprint density at radius 2 is 1.41 bits per heavy atom. The molecule has 2 saturated carbocycles. The van der Waals surface area contributed by atoms with Crippen molar-refractivity contribution in [2.75, 3.05) is 6.61 Å². The zero-order chi connectivity index (χ0) is 50.5. The Kier molecular flexibility index (Phi) is 13.0. The van der Waals surface area contributed by atoms with Gasteiger partial charge in [0, 0.05) is 48.8 Å². The van der Waals surface area contributed by atoms with Gasteiger partial charge in [-0.1, -0.05) is 123 Å². The molecule has 366 valence electrons. The molecule has 0 unspecified atom stereocenters. The Bertz CT molecular complexity index is 2980. The highest BCUT2D eigenvalue weighted by Crippen LogP contribution is 2.64. The number of fused-ring (bicyclic) bond motifs is 6. The third-order valence-corrected chi connectivity index (χ3v) is 15.5. The number of hydrogen-bond donors (Lipinski definition) is 2. The van der Waals surface area contributed by atoms with Crippen LogP contribution in [0.25, 0.3) is 16.8 Å². The molecule has 1 aliphatic heterocycles. The normalized spacial score (nSPS) is 28.6. The van der Waals surface area contributed by atoms with Gasteiger partial charge in [-0.15, -0.1) is 0 Å². The van der Waals surface area contributed by atoms with E-state index < -0.39 is 94.6 Å². The first kappa shape index (κ1) is 48.9. The summed E-state index contributed by atoms with van der Waals surface area (Å²) in [5.74, 6) is -5.79. The molecule has 0 radical (unpaired) electrons. The van der Waals surface area contributed by atoms with Crippen LogP contribution in [0.5, 0.6) is 0 Å². The number of ether oxygens (including phenoxy) is 5. The lowest BCUT2D eigenvalue weighted by Gasteiger charge is -2.67. The summed E-state index contributed by atoms with van der Waals surface area (Å²) in [6.45, 7) is 7.23. The Balaban J connectivity index is 1.13. The lowest BCUT2D eigenvalue weighted by molar-refractivity contribution is -0.346. The fourth-order valence-electron chi connectivity index (χ4n) is 11.6. The van der Waals surface area contributed by atoms with Crippen LogP contribution in [-0.4, -0.2) is 94.0 Å². The van der Waals surface area contributed by atoms with Crippen LogP contribution >= 0.6 is 0 Å². The van der Waals surface area contributed by atoms with Gasteiger partial charge in [0.25, 0.3) is 0 Å². The van der Waals surface area contributed by atoms with E-state index in [9.17, 15) is 34.2 Å². The monoisotopic (exact) mass is 960 g/mol. The van der Waals surface area contributed by atoms with E-state index in [-0.39, 0.29) is 48.4 Å². The summed E-state index contributed by atoms with van der Waals surface area (Å²) in [7, 11) is 0. The Morgan fingerprint density at radius 3 is 2.06 bits per heavy atom. The second kappa shape index (κ2) is 18.9. The predicted octanol–water partition coefficient (Wildman–Crippen LogP) is 7.91. The van der Waals surface area contributed by atoms with Gasteiger partial charge >= 0.3 is 23.9 Å². The molecule has 71 heavy (non-hydrogen) atoms. The number of carbonyl (C=O) groups is 6. The molecule has 0 amide bonds. The summed E-state index contributed by atoms with van der Waals surface area (Å²) in [6, 6.07) is 37.1. The van der Waals surface area contributed by atoms with Crippen LogP contribution in [-0.2, 0) is 49.3 Å². The first-order valence-corrected chi connectivity index (χ1v) is 23.9. The smallest absolute Gasteiger partial charge is 0.338 e. The molecule has 3 fully saturated rings. The fourth-order valence-corrected chi connectivity index (χ4v) is 11.6. The molecular formula is C58H56O13. The van der Waals surface area contributed by atoms with Gasteiger partial charge < -0.3 is 33.9 Å². The molecule has 1 saturated heterocycles. The largest absolute Gasteiger partial charge is 0.458 e. The van der Waals surface area contributed by atoms with Crippen molar-refractivity contribution >= 4 is 52.3 Å². The molecule has 5 aromatic carbocycles. The van der Waals surface area contributed by atoms with E-state index in [2.05, 4.69) is 0 Å². The van der Waals surface area contributed by atoms with E-state index in [1.807, 2.05) is 48.5 Å². The minimum absolute atomic E-state index is 0.0797. The van der Waals surface area contributed by atoms with Crippen molar-refractivity contribution in [1.29, 1.82) is 0 Å². The number of carbonyl (C=O) groups excluding carboxylic acids is 6. The van der Waals surface area contributed by atoms with E-state index in [1.54, 1.807) is 93.6 Å². The van der Waals surface area contributed by atoms with Gasteiger partial charge in [-0.05, 0) is 77.6 Å². The quantitative estimate of drug-likeness (QED) is 0.0404. The molecule has 2 N–H and O–H groups in total. The standard InChI is InChI=1S/C58H56O13/c1-34-43(60)32-58(66)53(70-54(65)41-17-10-7-11-18-41)51-56(5,44(31-45-57(51,33-67-45)71-35(2)59)68-46(61)29-24-37-22-25-38-14-12-13-19-42(38)30-37)52(64)50(48(34)55(58,3)4)69-47(62)28-23-36-20-26-40(27-21-36)49(63)39-15-8-6-9-16-39/h6-22,24-27,29-30,43-45,50-51,53,60,66H,23,28,31-33H2,1-5H3/b29-24+/t43-,44-,45+,50+,51-,53-,56+,57-,58+/m0/s1. The molecule has 5 aromatic rings. The van der Waals surface area contributed by atoms with E-state index in [1.165, 1.54) is 32.1 Å². The molecule has 9 rings (SSSR count). The number of ketones is 2. The van der Waals surface area contributed by atoms with Crippen LogP contribution in [0.2, 0.25) is 0 Å². The minimum Gasteiger partial charge on any atom is -0.458 e. The van der Waals surface area contributed by atoms with Gasteiger partial charge in [-0.3, -0.25) is 19.2 Å². The van der Waals surface area contributed by atoms with Crippen LogP contribution in [0, 0.1) is 16.7 Å². The predicted molar refractivity (Wildman–Crippen MR) is 261 cm³/mol. The Morgan fingerprint density at radius 1 is 0.775 bits per heavy atom. The third-order valence-electron chi connectivity index (χ3n) is 15.5. The molecule has 1 heterocycles. The molecule has 13 heteroatoms. The lowest BCUT2D eigenvalue weighted by Crippen LogP contribution is -2.82. The van der Waals surface area contributed by atoms with Gasteiger partial charge in [-0.25, -0.2) is 9.59 Å². The molecule has 9 atom stereocenters. The summed E-state index contributed by atoms with van der Waals surface area (Å²) in [5, 5.41) is 27.5. The van der Waals surface area contributed by atoms with Crippen molar-refractivity contribution < 1.29 is 62.7 Å². The van der Waals surface area contributed by atoms with Crippen LogP contribution in [0.15, 0.2) is 145 Å². The highest BCUT2D eigenvalue weighted by Gasteiger charge is 2.79. The lowest BCUT2D eigenvalue weighted by atomic mass is 9.44. The van der Waals surface area contributed by atoms with Crippen LogP contribution in [0.4, 0.5) is 0 Å². The van der Waals surface area contributed by atoms with Crippen molar-refractivity contribution in [3.63, 3.8) is 0 Å². The average Bonchev–Trinajstić information content (AvgIpc) is 3.36. The highest BCUT2D eigenvalue weighted by molar-refractivity contribution is 6.09. The average molecular weight is 961 g/mol. The summed E-state index contributed by atoms with van der Waals surface area (Å²) in [6.07, 6.45) is -5.33. The highest BCUT2D eigenvalue weighted by atomic mass is 16.6. The first-order valence-electron chi connectivity index (χ1n) is 23.9. The van der Waals surface area contributed by atoms with Gasteiger partial charge in [-0.2, -0.15) is 0 Å². The van der Waals surface area contributed by atoms with Gasteiger partial charge in [0.15, 0.2) is 23.3 Å². The second-order valence-electron chi connectivity index (χ2n) is 19.9. The van der Waals surface area contributed by atoms with Gasteiger partial charge in [0.2, 0.25) is 0 Å². The molecule has 2 bridgehead atoms. The fraction of sp³-hybridized carbons (Fsp3) is 0.345. The van der Waals surface area contributed by atoms with E-state index >= 15 is 4.79 Å². The minimum atomic E-state index is -2.28. The molecule has 0 aromatic heterocycles. The van der Waals surface area contributed by atoms with Crippen molar-refractivity contribution in [3.8, 4) is 0 Å². The van der Waals surface area contributed by atoms with Crippen LogP contribution < -0.4 is 0 Å². The summed E-state index contributed by atoms with van der Waals surface area (Å²) < 4.78 is 31.5. The van der Waals surface area contributed by atoms with Crippen LogP contribution in [0.1, 0.15) is 91.3 Å². The third kappa shape index (κ3) is 8.70. The number of aryl methyl sites for hydroxylation is 1. The number of Topliss-reactive ketones (excluding diaryl/α,β-unsaturated/α-hetero) is 1. The maximum Gasteiger partial charge on any atom is 0.338 e. The van der Waals surface area contributed by atoms with Crippen molar-refractivity contribution in [1.82, 2.24) is 0 Å². The number of aliphatic hydroxyl groups is 2. The number of rotatable bonds is 12. The van der Waals surface area contributed by atoms with Crippen molar-refractivity contribution in [3.05, 3.63) is 172 Å². The SMILES string of the molecule is CC(=O)O[C@@]12CO[C@@H]1C[C@H](OC(=O)/C=C/c1ccc3ccccc3c1)[C@@]1(C)C(=O)[C@H](OC(=O)CCc3ccc(C(=O)c4ccccc4)cc3)C3=C(C)[C@@H](O)C[C@@](O)([C@@H](OC(=O)c4ccccc4)[C@H]21)C3(C)C. The Labute approximate surface area is 411 Å². The molecule has 4 aliphatic rings. The van der Waals surface area contributed by atoms with E-state index in [0.717, 1.165) is 10.8 Å². The van der Waals surface area contributed by atoms with E-state index in [4.69, 9.17) is 23.7 Å². The molecule has 3 aliphatic carbocycles. The van der Waals surface area contributed by atoms with Crippen LogP contribution in [0.3, 0.4) is 0 Å². The number of benzene rings is 5. The maximum absolute atomic E-state index is 16.3. The maximum atomic E-state index is 16.3. The summed E-state index contributed by atoms with van der Waals surface area (Å²) >= 11 is 0. The number of hydrogen-bond acceptors (Lipinski definition) is 13. The zero-order valence-electron chi connectivity index (χ0n) is 40.2. The topological polar surface area (TPSA) is 189 Å². The zero-order valence-corrected chi connectivity index (χ0v) is 40.2. The summed E-state index contributed by atoms with van der Waals surface area (Å²) in [4.78, 5) is 85.6. The van der Waals surface area contributed by atoms with E-state index in [0.29, 0.717) is 22.3 Å². The molecule has 13 nitrogen and oxygen atoms in total. The van der Waals surface area contributed by atoms with Gasteiger partial charge in [0.05, 0.1) is 29.6 Å². The summed E-state index contributed by atoms with van der Waals surface area (Å²) in [5.41, 5.74) is -4.90. The van der Waals surface area contributed by atoms with Crippen molar-refractivity contribution in [2.24, 2.45) is 16.7 Å². The second-order valence-corrected chi connectivity index (χ2v) is 19.9. The molecular weight excluding hydrogens is 905 g/mol. The first-order chi connectivity index (χ1) is 33.9. The van der Waals surface area contributed by atoms with Gasteiger partial charge in [0.1, 0.15) is 23.9 Å².